The van der Waals surface area contributed by atoms with Gasteiger partial charge in [-0.25, -0.2) is 13.1 Å². The highest BCUT2D eigenvalue weighted by molar-refractivity contribution is 7.89. The van der Waals surface area contributed by atoms with E-state index >= 15 is 0 Å². The van der Waals surface area contributed by atoms with Gasteiger partial charge in [-0.15, -0.1) is 11.3 Å². The Morgan fingerprint density at radius 3 is 2.56 bits per heavy atom. The molecule has 1 aliphatic carbocycles. The SMILES string of the molecule is CNS(=O)(=O)c1ccc(-c2cccs2)c(C(=O)NC2CCCCC2)c1. The van der Waals surface area contributed by atoms with Crippen LogP contribution in [-0.2, 0) is 10.0 Å². The van der Waals surface area contributed by atoms with E-state index in [0.717, 1.165) is 36.1 Å². The van der Waals surface area contributed by atoms with E-state index in [1.165, 1.54) is 36.9 Å². The molecule has 1 heterocycles. The highest BCUT2D eigenvalue weighted by Crippen LogP contribution is 2.30. The number of carbonyl (C=O) groups is 1. The Balaban J connectivity index is 1.98. The topological polar surface area (TPSA) is 75.3 Å². The lowest BCUT2D eigenvalue weighted by Gasteiger charge is -2.23. The number of carbonyl (C=O) groups excluding carboxylic acids is 1. The number of hydrogen-bond acceptors (Lipinski definition) is 4. The summed E-state index contributed by atoms with van der Waals surface area (Å²) in [6, 6.07) is 8.75. The summed E-state index contributed by atoms with van der Waals surface area (Å²) in [5, 5.41) is 5.03. The predicted molar refractivity (Wildman–Crippen MR) is 100 cm³/mol. The van der Waals surface area contributed by atoms with Crippen molar-refractivity contribution >= 4 is 27.3 Å². The summed E-state index contributed by atoms with van der Waals surface area (Å²) in [5.41, 5.74) is 1.17. The molecule has 25 heavy (non-hydrogen) atoms. The molecule has 1 aromatic heterocycles. The Hall–Kier alpha value is -1.70. The average molecular weight is 379 g/mol. The first-order valence-corrected chi connectivity index (χ1v) is 10.8. The second-order valence-corrected chi connectivity index (χ2v) is 9.03. The van der Waals surface area contributed by atoms with Crippen LogP contribution in [0.3, 0.4) is 0 Å². The van der Waals surface area contributed by atoms with E-state index in [2.05, 4.69) is 10.0 Å². The van der Waals surface area contributed by atoms with Crippen LogP contribution in [0, 0.1) is 0 Å². The second-order valence-electron chi connectivity index (χ2n) is 6.20. The first-order valence-electron chi connectivity index (χ1n) is 8.43. The number of rotatable bonds is 5. The molecule has 3 rings (SSSR count). The van der Waals surface area contributed by atoms with Crippen molar-refractivity contribution in [3.63, 3.8) is 0 Å². The van der Waals surface area contributed by atoms with Crippen LogP contribution in [-0.4, -0.2) is 27.4 Å². The molecule has 1 saturated carbocycles. The van der Waals surface area contributed by atoms with Crippen molar-refractivity contribution in [1.29, 1.82) is 0 Å². The highest BCUT2D eigenvalue weighted by atomic mass is 32.2. The summed E-state index contributed by atoms with van der Waals surface area (Å²) < 4.78 is 26.5. The first kappa shape index (κ1) is 18.1. The zero-order valence-corrected chi connectivity index (χ0v) is 15.8. The molecule has 0 unspecified atom stereocenters. The van der Waals surface area contributed by atoms with Gasteiger partial charge in [0.1, 0.15) is 0 Å². The molecule has 0 atom stereocenters. The van der Waals surface area contributed by atoms with Gasteiger partial charge in [0.25, 0.3) is 5.91 Å². The minimum Gasteiger partial charge on any atom is -0.349 e. The number of benzene rings is 1. The molecular weight excluding hydrogens is 356 g/mol. The van der Waals surface area contributed by atoms with Crippen molar-refractivity contribution in [2.45, 2.75) is 43.0 Å². The lowest BCUT2D eigenvalue weighted by Crippen LogP contribution is -2.36. The standard InChI is InChI=1S/C18H22N2O3S2/c1-19-25(22,23)14-9-10-15(17-8-5-11-24-17)16(12-14)18(21)20-13-6-3-2-4-7-13/h5,8-13,19H,2-4,6-7H2,1H3,(H,20,21). The van der Waals surface area contributed by atoms with Crippen molar-refractivity contribution in [1.82, 2.24) is 10.0 Å². The van der Waals surface area contributed by atoms with E-state index in [1.54, 1.807) is 6.07 Å². The van der Waals surface area contributed by atoms with E-state index in [0.29, 0.717) is 5.56 Å². The molecule has 1 aliphatic rings. The molecule has 7 heteroatoms. The fourth-order valence-electron chi connectivity index (χ4n) is 3.15. The summed E-state index contributed by atoms with van der Waals surface area (Å²) >= 11 is 1.53. The average Bonchev–Trinajstić information content (AvgIpc) is 3.16. The molecule has 0 aliphatic heterocycles. The Morgan fingerprint density at radius 1 is 1.16 bits per heavy atom. The summed E-state index contributed by atoms with van der Waals surface area (Å²) in [4.78, 5) is 13.9. The third kappa shape index (κ3) is 4.11. The molecule has 0 radical (unpaired) electrons. The van der Waals surface area contributed by atoms with Crippen LogP contribution in [0.5, 0.6) is 0 Å². The molecule has 1 fully saturated rings. The lowest BCUT2D eigenvalue weighted by molar-refractivity contribution is 0.0928. The van der Waals surface area contributed by atoms with Crippen molar-refractivity contribution in [3.05, 3.63) is 41.3 Å². The van der Waals surface area contributed by atoms with E-state index in [9.17, 15) is 13.2 Å². The summed E-state index contributed by atoms with van der Waals surface area (Å²) in [6.45, 7) is 0. The van der Waals surface area contributed by atoms with E-state index in [-0.39, 0.29) is 16.8 Å². The van der Waals surface area contributed by atoms with Crippen LogP contribution >= 0.6 is 11.3 Å². The zero-order chi connectivity index (χ0) is 17.9. The lowest BCUT2D eigenvalue weighted by atomic mass is 9.95. The monoisotopic (exact) mass is 378 g/mol. The van der Waals surface area contributed by atoms with Crippen LogP contribution in [0.4, 0.5) is 0 Å². The summed E-state index contributed by atoms with van der Waals surface area (Å²) in [7, 11) is -2.23. The maximum Gasteiger partial charge on any atom is 0.252 e. The number of nitrogens with one attached hydrogen (secondary N) is 2. The molecular formula is C18H22N2O3S2. The quantitative estimate of drug-likeness (QED) is 0.837. The fourth-order valence-corrected chi connectivity index (χ4v) is 4.67. The molecule has 0 saturated heterocycles. The number of thiophene rings is 1. The molecule has 2 N–H and O–H groups in total. The Bertz CT molecular complexity index is 839. The van der Waals surface area contributed by atoms with Crippen LogP contribution in [0.15, 0.2) is 40.6 Å². The molecule has 1 amide bonds. The predicted octanol–water partition coefficient (Wildman–Crippen LogP) is 3.39. The van der Waals surface area contributed by atoms with E-state index in [1.807, 2.05) is 17.5 Å². The van der Waals surface area contributed by atoms with Crippen molar-refractivity contribution in [3.8, 4) is 10.4 Å². The second kappa shape index (κ2) is 7.68. The van der Waals surface area contributed by atoms with Gasteiger partial charge in [-0.1, -0.05) is 31.4 Å². The Morgan fingerprint density at radius 2 is 1.92 bits per heavy atom. The summed E-state index contributed by atoms with van der Waals surface area (Å²) in [6.07, 6.45) is 5.42. The van der Waals surface area contributed by atoms with Crippen LogP contribution < -0.4 is 10.0 Å². The fraction of sp³-hybridized carbons (Fsp3) is 0.389. The molecule has 0 bridgehead atoms. The van der Waals surface area contributed by atoms with Gasteiger partial charge < -0.3 is 5.32 Å². The molecule has 0 spiro atoms. The Labute approximate surface area is 152 Å². The maximum atomic E-state index is 12.9. The Kier molecular flexibility index (Phi) is 5.56. The van der Waals surface area contributed by atoms with Gasteiger partial charge in [0.2, 0.25) is 10.0 Å². The van der Waals surface area contributed by atoms with Gasteiger partial charge in [0.05, 0.1) is 4.90 Å². The third-order valence-corrected chi connectivity index (χ3v) is 6.86. The third-order valence-electron chi connectivity index (χ3n) is 4.54. The molecule has 1 aromatic carbocycles. The van der Waals surface area contributed by atoms with Gasteiger partial charge in [-0.2, -0.15) is 0 Å². The molecule has 134 valence electrons. The van der Waals surface area contributed by atoms with Gasteiger partial charge in [0, 0.05) is 22.0 Å². The van der Waals surface area contributed by atoms with Gasteiger partial charge >= 0.3 is 0 Å². The highest BCUT2D eigenvalue weighted by Gasteiger charge is 2.22. The van der Waals surface area contributed by atoms with Gasteiger partial charge in [0.15, 0.2) is 0 Å². The van der Waals surface area contributed by atoms with Crippen molar-refractivity contribution in [2.75, 3.05) is 7.05 Å². The molecule has 5 nitrogen and oxygen atoms in total. The minimum atomic E-state index is -3.60. The van der Waals surface area contributed by atoms with Crippen LogP contribution in [0.25, 0.3) is 10.4 Å². The van der Waals surface area contributed by atoms with Crippen molar-refractivity contribution < 1.29 is 13.2 Å². The van der Waals surface area contributed by atoms with Gasteiger partial charge in [-0.3, -0.25) is 4.79 Å². The van der Waals surface area contributed by atoms with Gasteiger partial charge in [-0.05, 0) is 43.5 Å². The first-order chi connectivity index (χ1) is 12.0. The van der Waals surface area contributed by atoms with Crippen molar-refractivity contribution in [2.24, 2.45) is 0 Å². The smallest absolute Gasteiger partial charge is 0.252 e. The summed E-state index contributed by atoms with van der Waals surface area (Å²) in [5.74, 6) is -0.205. The van der Waals surface area contributed by atoms with Crippen LogP contribution in [0.2, 0.25) is 0 Å². The normalized spacial score (nSPS) is 15.9. The number of amides is 1. The number of sulfonamides is 1. The molecule has 2 aromatic rings. The van der Waals surface area contributed by atoms with Crippen LogP contribution in [0.1, 0.15) is 42.5 Å². The minimum absolute atomic E-state index is 0.101. The van der Waals surface area contributed by atoms with E-state index in [4.69, 9.17) is 0 Å². The largest absolute Gasteiger partial charge is 0.349 e. The number of hydrogen-bond donors (Lipinski definition) is 2. The zero-order valence-electron chi connectivity index (χ0n) is 14.1. The van der Waals surface area contributed by atoms with E-state index < -0.39 is 10.0 Å². The maximum absolute atomic E-state index is 12.9.